The molecule has 0 spiro atoms. The molecule has 0 unspecified atom stereocenters. The Morgan fingerprint density at radius 3 is 2.40 bits per heavy atom. The average molecular weight is 372 g/mol. The molecule has 7 nitrogen and oxygen atoms in total. The number of nitrogens with zero attached hydrogens (tertiary/aromatic N) is 2. The second kappa shape index (κ2) is 9.46. The fraction of sp³-hybridized carbons (Fsp3) is 0.588. The minimum atomic E-state index is -1.16. The molecule has 8 heteroatoms. The first-order valence-corrected chi connectivity index (χ1v) is 8.56. The highest BCUT2D eigenvalue weighted by atomic mass is 35.5. The van der Waals surface area contributed by atoms with Crippen LogP contribution in [0.1, 0.15) is 33.6 Å². The lowest BCUT2D eigenvalue weighted by molar-refractivity contribution is -0.132. The van der Waals surface area contributed by atoms with E-state index in [-0.39, 0.29) is 23.3 Å². The van der Waals surface area contributed by atoms with Crippen molar-refractivity contribution in [3.05, 3.63) is 23.4 Å². The normalized spacial score (nSPS) is 17.8. The third kappa shape index (κ3) is 7.17. The predicted octanol–water partition coefficient (Wildman–Crippen LogP) is 2.75. The lowest BCUT2D eigenvalue weighted by atomic mass is 9.97. The van der Waals surface area contributed by atoms with Gasteiger partial charge in [-0.3, -0.25) is 4.99 Å². The number of hydrogen-bond donors (Lipinski definition) is 2. The van der Waals surface area contributed by atoms with Crippen molar-refractivity contribution >= 4 is 29.4 Å². The number of allylic oxidation sites excluding steroid dienone is 1. The molecule has 1 saturated heterocycles. The zero-order valence-electron chi connectivity index (χ0n) is 14.9. The van der Waals surface area contributed by atoms with E-state index in [0.29, 0.717) is 19.6 Å². The number of ether oxygens (including phenoxy) is 1. The van der Waals surface area contributed by atoms with Crippen molar-refractivity contribution in [2.24, 2.45) is 16.6 Å². The number of carbonyl (C=O) groups excluding carboxylic acids is 1. The number of hydrogen-bond acceptors (Lipinski definition) is 5. The van der Waals surface area contributed by atoms with Gasteiger partial charge < -0.3 is 20.5 Å². The molecule has 0 bridgehead atoms. The van der Waals surface area contributed by atoms with Crippen LogP contribution in [-0.2, 0) is 9.53 Å². The summed E-state index contributed by atoms with van der Waals surface area (Å²) < 4.78 is 5.36. The molecule has 1 fully saturated rings. The van der Waals surface area contributed by atoms with Crippen LogP contribution in [-0.4, -0.2) is 53.0 Å². The summed E-state index contributed by atoms with van der Waals surface area (Å²) >= 11 is 5.55. The third-order valence-electron chi connectivity index (χ3n) is 3.68. The summed E-state index contributed by atoms with van der Waals surface area (Å²) in [6.45, 7) is 7.14. The molecule has 3 N–H and O–H groups in total. The Hall–Kier alpha value is -2.02. The molecule has 1 aliphatic rings. The van der Waals surface area contributed by atoms with Crippen LogP contribution >= 0.6 is 11.6 Å². The van der Waals surface area contributed by atoms with Crippen molar-refractivity contribution in [1.82, 2.24) is 4.90 Å². The Balaban J connectivity index is 2.63. The molecule has 0 aliphatic carbocycles. The molecule has 0 saturated carbocycles. The molecule has 0 atom stereocenters. The summed E-state index contributed by atoms with van der Waals surface area (Å²) in [6, 6.07) is 0. The Morgan fingerprint density at radius 2 is 1.96 bits per heavy atom. The van der Waals surface area contributed by atoms with E-state index in [2.05, 4.69) is 4.99 Å². The van der Waals surface area contributed by atoms with Crippen LogP contribution in [0.5, 0.6) is 0 Å². The van der Waals surface area contributed by atoms with Crippen LogP contribution < -0.4 is 5.73 Å². The van der Waals surface area contributed by atoms with E-state index in [0.717, 1.165) is 19.0 Å². The number of halogens is 1. The van der Waals surface area contributed by atoms with Gasteiger partial charge in [-0.2, -0.15) is 0 Å². The fourth-order valence-electron chi connectivity index (χ4n) is 2.41. The van der Waals surface area contributed by atoms with Gasteiger partial charge in [-0.25, -0.2) is 9.59 Å². The third-order valence-corrected chi connectivity index (χ3v) is 3.81. The maximum atomic E-state index is 12.0. The topological polar surface area (TPSA) is 105 Å². The maximum absolute atomic E-state index is 12.0. The summed E-state index contributed by atoms with van der Waals surface area (Å²) in [5.41, 5.74) is 6.19. The van der Waals surface area contributed by atoms with E-state index in [1.165, 1.54) is 11.6 Å². The Labute approximate surface area is 153 Å². The predicted molar refractivity (Wildman–Crippen MR) is 97.7 cm³/mol. The van der Waals surface area contributed by atoms with Crippen molar-refractivity contribution in [3.8, 4) is 0 Å². The largest absolute Gasteiger partial charge is 0.478 e. The van der Waals surface area contributed by atoms with Gasteiger partial charge in [-0.05, 0) is 45.6 Å². The van der Waals surface area contributed by atoms with Crippen LogP contribution in [0, 0.1) is 5.92 Å². The van der Waals surface area contributed by atoms with Crippen LogP contribution in [0.2, 0.25) is 0 Å². The summed E-state index contributed by atoms with van der Waals surface area (Å²) in [5.74, 6) is -0.902. The molecule has 0 aromatic heterocycles. The van der Waals surface area contributed by atoms with Gasteiger partial charge in [0.05, 0.1) is 5.71 Å². The van der Waals surface area contributed by atoms with Crippen molar-refractivity contribution in [1.29, 1.82) is 0 Å². The Morgan fingerprint density at radius 1 is 1.36 bits per heavy atom. The van der Waals surface area contributed by atoms with Gasteiger partial charge in [0, 0.05) is 31.4 Å². The van der Waals surface area contributed by atoms with E-state index in [1.54, 1.807) is 4.90 Å². The van der Waals surface area contributed by atoms with Crippen molar-refractivity contribution in [2.45, 2.75) is 39.2 Å². The number of rotatable bonds is 5. The minimum Gasteiger partial charge on any atom is -0.478 e. The Kier molecular flexibility index (Phi) is 7.96. The van der Waals surface area contributed by atoms with Gasteiger partial charge in [0.25, 0.3) is 0 Å². The zero-order valence-corrected chi connectivity index (χ0v) is 15.6. The highest BCUT2D eigenvalue weighted by Gasteiger charge is 2.26. The molecule has 1 aliphatic heterocycles. The van der Waals surface area contributed by atoms with Crippen LogP contribution in [0.15, 0.2) is 28.4 Å². The van der Waals surface area contributed by atoms with Gasteiger partial charge >= 0.3 is 12.1 Å². The minimum absolute atomic E-state index is 0.0944. The molecule has 1 rings (SSSR count). The second-order valence-corrected chi connectivity index (χ2v) is 7.07. The highest BCUT2D eigenvalue weighted by Crippen LogP contribution is 2.20. The molecule has 25 heavy (non-hydrogen) atoms. The van der Waals surface area contributed by atoms with Gasteiger partial charge in [0.2, 0.25) is 0 Å². The molecule has 1 heterocycles. The lowest BCUT2D eigenvalue weighted by Crippen LogP contribution is -2.42. The zero-order chi connectivity index (χ0) is 19.0. The van der Waals surface area contributed by atoms with E-state index in [4.69, 9.17) is 27.2 Å². The van der Waals surface area contributed by atoms with Crippen molar-refractivity contribution < 1.29 is 19.4 Å². The number of carboxylic acids is 1. The van der Waals surface area contributed by atoms with Crippen LogP contribution in [0.4, 0.5) is 4.79 Å². The number of carboxylic acid groups (broad SMARTS) is 1. The smallest absolute Gasteiger partial charge is 0.410 e. The number of amides is 1. The highest BCUT2D eigenvalue weighted by molar-refractivity contribution is 6.30. The second-order valence-electron chi connectivity index (χ2n) is 6.81. The molecule has 0 radical (unpaired) electrons. The number of likely N-dealkylation sites (tertiary alicyclic amines) is 1. The van der Waals surface area contributed by atoms with Crippen LogP contribution in [0.25, 0.3) is 0 Å². The molecule has 0 aromatic rings. The van der Waals surface area contributed by atoms with E-state index in [9.17, 15) is 9.59 Å². The van der Waals surface area contributed by atoms with Gasteiger partial charge in [-0.1, -0.05) is 11.6 Å². The van der Waals surface area contributed by atoms with Gasteiger partial charge in [-0.15, -0.1) is 0 Å². The van der Waals surface area contributed by atoms with Crippen molar-refractivity contribution in [3.63, 3.8) is 0 Å². The van der Waals surface area contributed by atoms with Crippen LogP contribution in [0.3, 0.4) is 0 Å². The van der Waals surface area contributed by atoms with E-state index in [1.807, 2.05) is 20.8 Å². The number of nitrogens with two attached hydrogens (primary N) is 1. The van der Waals surface area contributed by atoms with Crippen molar-refractivity contribution in [2.75, 3.05) is 19.6 Å². The average Bonchev–Trinajstić information content (AvgIpc) is 2.51. The Bertz CT molecular complexity index is 571. The maximum Gasteiger partial charge on any atom is 0.410 e. The number of carbonyl (C=O) groups is 2. The molecular weight excluding hydrogens is 346 g/mol. The molecule has 1 amide bonds. The number of aliphatic carboxylic acids is 1. The first-order valence-electron chi connectivity index (χ1n) is 8.12. The first-order chi connectivity index (χ1) is 11.7. The lowest BCUT2D eigenvalue weighted by Gasteiger charge is -2.33. The molecule has 140 valence electrons. The number of piperidine rings is 1. The first kappa shape index (κ1) is 21.0. The van der Waals surface area contributed by atoms with Gasteiger partial charge in [0.15, 0.2) is 0 Å². The quantitative estimate of drug-likeness (QED) is 0.571. The standard InChI is InChI=1S/C17H26ClN3O4/c1-17(2,3)25-16(24)21-8-5-12(6-9-21)11-20-14(4-7-18)13(10-19)15(22)23/h4,7,10,12H,5-6,8-9,11,19H2,1-3H3,(H,22,23)/b7-4+,13-10+,20-14?. The summed E-state index contributed by atoms with van der Waals surface area (Å²) in [5, 5.41) is 9.13. The van der Waals surface area contributed by atoms with Gasteiger partial charge in [0.1, 0.15) is 11.2 Å². The SMILES string of the molecule is CC(C)(C)OC(=O)N1CCC(CN=C(/C=C/Cl)/C(=C\N)C(=O)O)CC1. The summed E-state index contributed by atoms with van der Waals surface area (Å²) in [7, 11) is 0. The van der Waals surface area contributed by atoms with E-state index >= 15 is 0 Å². The number of aliphatic imine (C=N–C) groups is 1. The monoisotopic (exact) mass is 371 g/mol. The molecule has 0 aromatic carbocycles. The fourth-order valence-corrected chi connectivity index (χ4v) is 2.52. The summed E-state index contributed by atoms with van der Waals surface area (Å²) in [4.78, 5) is 29.2. The van der Waals surface area contributed by atoms with E-state index < -0.39 is 11.6 Å². The molecular formula is C17H26ClN3O4. The summed E-state index contributed by atoms with van der Waals surface area (Å²) in [6.07, 6.45) is 3.65.